The van der Waals surface area contributed by atoms with E-state index in [0.717, 1.165) is 18.2 Å². The number of rotatable bonds is 2. The molecule has 1 saturated heterocycles. The first-order valence-corrected chi connectivity index (χ1v) is 4.68. The number of aromatic carboxylic acids is 1. The van der Waals surface area contributed by atoms with Crippen molar-refractivity contribution in [2.75, 3.05) is 18.0 Å². The highest BCUT2D eigenvalue weighted by Gasteiger charge is 2.26. The summed E-state index contributed by atoms with van der Waals surface area (Å²) in [5.74, 6) is -0.923. The van der Waals surface area contributed by atoms with Crippen LogP contribution in [0.4, 0.5) is 5.13 Å². The zero-order chi connectivity index (χ0) is 9.42. The number of anilines is 1. The van der Waals surface area contributed by atoms with Crippen molar-refractivity contribution in [2.45, 2.75) is 6.04 Å². The number of nitrogens with zero attached hydrogens (tertiary/aromatic N) is 2. The molecule has 0 bridgehead atoms. The Labute approximate surface area is 78.8 Å². The summed E-state index contributed by atoms with van der Waals surface area (Å²) in [6.45, 7) is 1.54. The summed E-state index contributed by atoms with van der Waals surface area (Å²) in [6.07, 6.45) is 1.38. The van der Waals surface area contributed by atoms with Gasteiger partial charge in [-0.25, -0.2) is 9.78 Å². The van der Waals surface area contributed by atoms with Crippen LogP contribution in [0.3, 0.4) is 0 Å². The molecule has 1 aromatic heterocycles. The molecule has 0 saturated carbocycles. The molecular formula is C7H9N3O2S. The van der Waals surface area contributed by atoms with Crippen molar-refractivity contribution in [3.8, 4) is 0 Å². The van der Waals surface area contributed by atoms with E-state index in [2.05, 4.69) is 4.98 Å². The Kier molecular flexibility index (Phi) is 1.93. The number of hydrogen-bond donors (Lipinski definition) is 2. The van der Waals surface area contributed by atoms with Gasteiger partial charge in [0.25, 0.3) is 0 Å². The minimum atomic E-state index is -0.923. The molecule has 5 nitrogen and oxygen atoms in total. The maximum Gasteiger partial charge on any atom is 0.347 e. The first kappa shape index (κ1) is 8.46. The van der Waals surface area contributed by atoms with Crippen LogP contribution in [-0.4, -0.2) is 35.2 Å². The van der Waals surface area contributed by atoms with E-state index >= 15 is 0 Å². The van der Waals surface area contributed by atoms with Crippen LogP contribution in [0.15, 0.2) is 6.20 Å². The van der Waals surface area contributed by atoms with E-state index in [9.17, 15) is 4.79 Å². The van der Waals surface area contributed by atoms with E-state index in [1.165, 1.54) is 17.5 Å². The summed E-state index contributed by atoms with van der Waals surface area (Å²) in [5, 5.41) is 9.40. The van der Waals surface area contributed by atoms with Crippen molar-refractivity contribution in [3.05, 3.63) is 11.1 Å². The van der Waals surface area contributed by atoms with Crippen molar-refractivity contribution in [1.82, 2.24) is 4.98 Å². The van der Waals surface area contributed by atoms with Crippen molar-refractivity contribution in [2.24, 2.45) is 5.73 Å². The van der Waals surface area contributed by atoms with Crippen LogP contribution in [0.1, 0.15) is 9.67 Å². The summed E-state index contributed by atoms with van der Waals surface area (Å²) >= 11 is 1.19. The lowest BCUT2D eigenvalue weighted by molar-refractivity contribution is 0.0702. The van der Waals surface area contributed by atoms with Gasteiger partial charge in [-0.05, 0) is 0 Å². The van der Waals surface area contributed by atoms with Gasteiger partial charge in [0.2, 0.25) is 0 Å². The fraction of sp³-hybridized carbons (Fsp3) is 0.429. The number of carboxylic acid groups (broad SMARTS) is 1. The lowest BCUT2D eigenvalue weighted by atomic mass is 10.1. The number of nitrogens with two attached hydrogens (primary N) is 1. The van der Waals surface area contributed by atoms with E-state index in [0.29, 0.717) is 0 Å². The van der Waals surface area contributed by atoms with Crippen LogP contribution in [0, 0.1) is 0 Å². The van der Waals surface area contributed by atoms with Gasteiger partial charge in [0, 0.05) is 19.1 Å². The Bertz CT molecular complexity index is 332. The highest BCUT2D eigenvalue weighted by Crippen LogP contribution is 2.25. The lowest BCUT2D eigenvalue weighted by Crippen LogP contribution is -2.55. The molecule has 2 rings (SSSR count). The molecule has 70 valence electrons. The Hall–Kier alpha value is -1.14. The summed E-state index contributed by atoms with van der Waals surface area (Å²) in [6, 6.07) is 0.206. The van der Waals surface area contributed by atoms with E-state index < -0.39 is 5.97 Å². The van der Waals surface area contributed by atoms with Crippen molar-refractivity contribution >= 4 is 22.4 Å². The molecule has 1 aliphatic rings. The summed E-state index contributed by atoms with van der Waals surface area (Å²) < 4.78 is 0. The zero-order valence-corrected chi connectivity index (χ0v) is 7.62. The molecule has 3 N–H and O–H groups in total. The molecule has 2 heterocycles. The fourth-order valence-electron chi connectivity index (χ4n) is 1.18. The van der Waals surface area contributed by atoms with Gasteiger partial charge in [-0.3, -0.25) is 0 Å². The number of aromatic nitrogens is 1. The number of hydrogen-bond acceptors (Lipinski definition) is 5. The van der Waals surface area contributed by atoms with Crippen LogP contribution in [0.5, 0.6) is 0 Å². The molecule has 13 heavy (non-hydrogen) atoms. The molecule has 0 radical (unpaired) electrons. The van der Waals surface area contributed by atoms with Gasteiger partial charge >= 0.3 is 5.97 Å². The van der Waals surface area contributed by atoms with E-state index in [-0.39, 0.29) is 10.9 Å². The molecule has 0 unspecified atom stereocenters. The maximum atomic E-state index is 10.5. The third-order valence-electron chi connectivity index (χ3n) is 1.88. The zero-order valence-electron chi connectivity index (χ0n) is 6.80. The molecule has 0 amide bonds. The molecule has 0 aliphatic carbocycles. The normalized spacial score (nSPS) is 17.2. The number of carbonyl (C=O) groups is 1. The largest absolute Gasteiger partial charge is 0.477 e. The SMILES string of the molecule is NC1CN(c2ncc(C(=O)O)s2)C1. The summed E-state index contributed by atoms with van der Waals surface area (Å²) in [5.41, 5.74) is 5.59. The van der Waals surface area contributed by atoms with Gasteiger partial charge in [0.1, 0.15) is 4.88 Å². The lowest BCUT2D eigenvalue weighted by Gasteiger charge is -2.36. The van der Waals surface area contributed by atoms with E-state index in [4.69, 9.17) is 10.8 Å². The van der Waals surface area contributed by atoms with Crippen LogP contribution in [-0.2, 0) is 0 Å². The predicted octanol–water partition coefficient (Wildman–Crippen LogP) is -0.0114. The second-order valence-electron chi connectivity index (χ2n) is 2.98. The topological polar surface area (TPSA) is 79.5 Å². The molecule has 1 aromatic rings. The van der Waals surface area contributed by atoms with Gasteiger partial charge in [0.05, 0.1) is 6.20 Å². The monoisotopic (exact) mass is 199 g/mol. The quantitative estimate of drug-likeness (QED) is 0.700. The van der Waals surface area contributed by atoms with Crippen LogP contribution < -0.4 is 10.6 Å². The Morgan fingerprint density at radius 1 is 1.77 bits per heavy atom. The predicted molar refractivity (Wildman–Crippen MR) is 49.3 cm³/mol. The second-order valence-corrected chi connectivity index (χ2v) is 3.99. The van der Waals surface area contributed by atoms with Crippen LogP contribution >= 0.6 is 11.3 Å². The van der Waals surface area contributed by atoms with E-state index in [1.807, 2.05) is 4.90 Å². The Morgan fingerprint density at radius 3 is 2.92 bits per heavy atom. The van der Waals surface area contributed by atoms with Crippen LogP contribution in [0.25, 0.3) is 0 Å². The van der Waals surface area contributed by atoms with Crippen molar-refractivity contribution < 1.29 is 9.90 Å². The molecule has 0 atom stereocenters. The van der Waals surface area contributed by atoms with E-state index in [1.54, 1.807) is 0 Å². The first-order chi connectivity index (χ1) is 6.16. The smallest absolute Gasteiger partial charge is 0.347 e. The van der Waals surface area contributed by atoms with Gasteiger partial charge < -0.3 is 15.7 Å². The molecular weight excluding hydrogens is 190 g/mol. The average molecular weight is 199 g/mol. The van der Waals surface area contributed by atoms with Gasteiger partial charge in [-0.2, -0.15) is 0 Å². The molecule has 1 fully saturated rings. The Morgan fingerprint density at radius 2 is 2.46 bits per heavy atom. The van der Waals surface area contributed by atoms with Gasteiger partial charge in [-0.15, -0.1) is 0 Å². The minimum absolute atomic E-state index is 0.206. The van der Waals surface area contributed by atoms with Crippen molar-refractivity contribution in [3.63, 3.8) is 0 Å². The number of carboxylic acids is 1. The van der Waals surface area contributed by atoms with Gasteiger partial charge in [0.15, 0.2) is 5.13 Å². The summed E-state index contributed by atoms with van der Waals surface area (Å²) in [4.78, 5) is 16.8. The molecule has 6 heteroatoms. The van der Waals surface area contributed by atoms with Gasteiger partial charge in [-0.1, -0.05) is 11.3 Å². The molecule has 1 aliphatic heterocycles. The Balaban J connectivity index is 2.10. The highest BCUT2D eigenvalue weighted by molar-refractivity contribution is 7.17. The second kappa shape index (κ2) is 2.97. The standard InChI is InChI=1S/C7H9N3O2S/c8-4-2-10(3-4)7-9-1-5(13-7)6(11)12/h1,4H,2-3,8H2,(H,11,12). The summed E-state index contributed by atoms with van der Waals surface area (Å²) in [7, 11) is 0. The fourth-order valence-corrected chi connectivity index (χ4v) is 1.95. The third-order valence-corrected chi connectivity index (χ3v) is 2.93. The highest BCUT2D eigenvalue weighted by atomic mass is 32.1. The molecule has 0 spiro atoms. The first-order valence-electron chi connectivity index (χ1n) is 3.86. The maximum absolute atomic E-state index is 10.5. The van der Waals surface area contributed by atoms with Crippen LogP contribution in [0.2, 0.25) is 0 Å². The van der Waals surface area contributed by atoms with Crippen molar-refractivity contribution in [1.29, 1.82) is 0 Å². The average Bonchev–Trinajstić information content (AvgIpc) is 2.46. The third kappa shape index (κ3) is 1.50. The molecule has 0 aromatic carbocycles. The number of thiazole rings is 1. The minimum Gasteiger partial charge on any atom is -0.477 e.